The van der Waals surface area contributed by atoms with Gasteiger partial charge in [0.2, 0.25) is 0 Å². The number of thiophene rings is 1. The van der Waals surface area contributed by atoms with Gasteiger partial charge in [-0.1, -0.05) is 6.07 Å². The predicted octanol–water partition coefficient (Wildman–Crippen LogP) is 4.01. The fourth-order valence-corrected chi connectivity index (χ4v) is 2.85. The van der Waals surface area contributed by atoms with Crippen molar-refractivity contribution in [3.8, 4) is 0 Å². The first kappa shape index (κ1) is 15.3. The molecular weight excluding hydrogens is 289 g/mol. The highest BCUT2D eigenvalue weighted by Crippen LogP contribution is 2.22. The molecule has 0 bridgehead atoms. The summed E-state index contributed by atoms with van der Waals surface area (Å²) in [6.45, 7) is 3.46. The smallest absolute Gasteiger partial charge is 0.328 e. The number of carbonyl (C=O) groups is 1. The summed E-state index contributed by atoms with van der Waals surface area (Å²) < 4.78 is 13.3. The van der Waals surface area contributed by atoms with Gasteiger partial charge in [-0.25, -0.2) is 9.18 Å². The van der Waals surface area contributed by atoms with Crippen LogP contribution in [0.2, 0.25) is 0 Å². The summed E-state index contributed by atoms with van der Waals surface area (Å²) in [7, 11) is 0. The van der Waals surface area contributed by atoms with Crippen LogP contribution in [0.5, 0.6) is 0 Å². The number of rotatable bonds is 6. The summed E-state index contributed by atoms with van der Waals surface area (Å²) in [6, 6.07) is 8.47. The molecule has 0 unspecified atom stereocenters. The van der Waals surface area contributed by atoms with Gasteiger partial charge in [0.05, 0.1) is 6.54 Å². The van der Waals surface area contributed by atoms with E-state index in [0.717, 1.165) is 28.7 Å². The van der Waals surface area contributed by atoms with E-state index in [9.17, 15) is 9.18 Å². The summed E-state index contributed by atoms with van der Waals surface area (Å²) in [5.74, 6) is -1.21. The van der Waals surface area contributed by atoms with Gasteiger partial charge in [0.1, 0.15) is 5.82 Å². The molecule has 3 nitrogen and oxygen atoms in total. The van der Waals surface area contributed by atoms with Crippen LogP contribution < -0.4 is 4.90 Å². The van der Waals surface area contributed by atoms with Crippen LogP contribution in [0.25, 0.3) is 6.08 Å². The summed E-state index contributed by atoms with van der Waals surface area (Å²) in [5, 5.41) is 10.5. The third-order valence-corrected chi connectivity index (χ3v) is 3.93. The summed E-state index contributed by atoms with van der Waals surface area (Å²) in [5.41, 5.74) is 1.71. The molecule has 1 aromatic carbocycles. The number of carboxylic acids is 1. The lowest BCUT2D eigenvalue weighted by atomic mass is 10.2. The van der Waals surface area contributed by atoms with Crippen LogP contribution in [-0.4, -0.2) is 17.6 Å². The van der Waals surface area contributed by atoms with Crippen molar-refractivity contribution in [1.29, 1.82) is 0 Å². The Kier molecular flexibility index (Phi) is 5.11. The number of aliphatic carboxylic acids is 1. The van der Waals surface area contributed by atoms with Crippen molar-refractivity contribution in [2.75, 3.05) is 11.4 Å². The lowest BCUT2D eigenvalue weighted by Gasteiger charge is -2.22. The highest BCUT2D eigenvalue weighted by atomic mass is 32.1. The van der Waals surface area contributed by atoms with E-state index in [1.807, 2.05) is 24.4 Å². The second-order valence-electron chi connectivity index (χ2n) is 4.51. The summed E-state index contributed by atoms with van der Waals surface area (Å²) in [6.07, 6.45) is 2.69. The fraction of sp³-hybridized carbons (Fsp3) is 0.188. The van der Waals surface area contributed by atoms with Crippen molar-refractivity contribution < 1.29 is 14.3 Å². The van der Waals surface area contributed by atoms with Gasteiger partial charge in [0.25, 0.3) is 0 Å². The Hall–Kier alpha value is -2.14. The average molecular weight is 305 g/mol. The molecule has 0 saturated heterocycles. The second kappa shape index (κ2) is 7.04. The number of carboxylic acid groups (broad SMARTS) is 1. The van der Waals surface area contributed by atoms with Gasteiger partial charge in [-0.3, -0.25) is 0 Å². The number of anilines is 1. The molecule has 0 aliphatic carbocycles. The Bertz CT molecular complexity index is 651. The van der Waals surface area contributed by atoms with Crippen LogP contribution in [0.15, 0.2) is 41.8 Å². The van der Waals surface area contributed by atoms with Crippen molar-refractivity contribution in [3.63, 3.8) is 0 Å². The van der Waals surface area contributed by atoms with E-state index < -0.39 is 5.97 Å². The minimum Gasteiger partial charge on any atom is -0.478 e. The third kappa shape index (κ3) is 4.43. The lowest BCUT2D eigenvalue weighted by Crippen LogP contribution is -2.21. The number of nitrogens with zero attached hydrogens (tertiary/aromatic N) is 1. The SMILES string of the molecule is CCN(Cc1cc(C=CC(=O)O)cs1)c1cccc(F)c1. The molecule has 0 atom stereocenters. The maximum atomic E-state index is 13.3. The zero-order chi connectivity index (χ0) is 15.2. The maximum absolute atomic E-state index is 13.3. The molecule has 0 amide bonds. The molecule has 5 heteroatoms. The predicted molar refractivity (Wildman–Crippen MR) is 84.1 cm³/mol. The van der Waals surface area contributed by atoms with Crippen LogP contribution in [0.4, 0.5) is 10.1 Å². The monoisotopic (exact) mass is 305 g/mol. The molecule has 0 aliphatic rings. The van der Waals surface area contributed by atoms with Gasteiger partial charge in [0, 0.05) is 23.2 Å². The maximum Gasteiger partial charge on any atom is 0.328 e. The number of halogens is 1. The zero-order valence-electron chi connectivity index (χ0n) is 11.6. The minimum atomic E-state index is -0.960. The Morgan fingerprint density at radius 2 is 2.24 bits per heavy atom. The van der Waals surface area contributed by atoms with Gasteiger partial charge in [-0.2, -0.15) is 0 Å². The van der Waals surface area contributed by atoms with Gasteiger partial charge < -0.3 is 10.0 Å². The van der Waals surface area contributed by atoms with Crippen molar-refractivity contribution >= 4 is 29.1 Å². The molecule has 2 aromatic rings. The summed E-state index contributed by atoms with van der Waals surface area (Å²) in [4.78, 5) is 13.7. The number of hydrogen-bond acceptors (Lipinski definition) is 3. The largest absolute Gasteiger partial charge is 0.478 e. The Labute approximate surface area is 127 Å². The first-order chi connectivity index (χ1) is 10.1. The van der Waals surface area contributed by atoms with Crippen LogP contribution in [0, 0.1) is 5.82 Å². The number of benzene rings is 1. The van der Waals surface area contributed by atoms with E-state index in [2.05, 4.69) is 4.90 Å². The molecule has 0 saturated carbocycles. The molecule has 1 heterocycles. The van der Waals surface area contributed by atoms with Crippen LogP contribution >= 0.6 is 11.3 Å². The van der Waals surface area contributed by atoms with Crippen molar-refractivity contribution in [3.05, 3.63) is 58.0 Å². The zero-order valence-corrected chi connectivity index (χ0v) is 12.4. The number of hydrogen-bond donors (Lipinski definition) is 1. The standard InChI is InChI=1S/C16H16FNO2S/c1-2-18(14-5-3-4-13(17)9-14)10-15-8-12(11-21-15)6-7-16(19)20/h3-9,11H,2,10H2,1H3,(H,19,20). The Balaban J connectivity index is 2.10. The Morgan fingerprint density at radius 3 is 2.90 bits per heavy atom. The third-order valence-electron chi connectivity index (χ3n) is 2.99. The molecule has 110 valence electrons. The van der Waals surface area contributed by atoms with E-state index in [0.29, 0.717) is 6.54 Å². The molecule has 0 aliphatic heterocycles. The molecule has 0 radical (unpaired) electrons. The lowest BCUT2D eigenvalue weighted by molar-refractivity contribution is -0.131. The molecule has 0 fully saturated rings. The van der Waals surface area contributed by atoms with Gasteiger partial charge in [0.15, 0.2) is 0 Å². The summed E-state index contributed by atoms with van der Waals surface area (Å²) >= 11 is 1.56. The van der Waals surface area contributed by atoms with Crippen molar-refractivity contribution in [1.82, 2.24) is 0 Å². The molecule has 0 spiro atoms. The second-order valence-corrected chi connectivity index (χ2v) is 5.51. The van der Waals surface area contributed by atoms with E-state index >= 15 is 0 Å². The van der Waals surface area contributed by atoms with Crippen molar-refractivity contribution in [2.24, 2.45) is 0 Å². The molecule has 1 N–H and O–H groups in total. The first-order valence-corrected chi connectivity index (χ1v) is 7.45. The van der Waals surface area contributed by atoms with Crippen LogP contribution in [0.1, 0.15) is 17.4 Å². The highest BCUT2D eigenvalue weighted by Gasteiger charge is 2.08. The van der Waals surface area contributed by atoms with Crippen LogP contribution in [-0.2, 0) is 11.3 Å². The highest BCUT2D eigenvalue weighted by molar-refractivity contribution is 7.10. The molecule has 1 aromatic heterocycles. The minimum absolute atomic E-state index is 0.248. The van der Waals surface area contributed by atoms with Gasteiger partial charge >= 0.3 is 5.97 Å². The first-order valence-electron chi connectivity index (χ1n) is 6.57. The van der Waals surface area contributed by atoms with E-state index in [1.165, 1.54) is 12.1 Å². The van der Waals surface area contributed by atoms with E-state index in [4.69, 9.17) is 5.11 Å². The average Bonchev–Trinajstić information content (AvgIpc) is 2.90. The van der Waals surface area contributed by atoms with Gasteiger partial charge in [-0.15, -0.1) is 11.3 Å². The Morgan fingerprint density at radius 1 is 1.43 bits per heavy atom. The molecule has 21 heavy (non-hydrogen) atoms. The van der Waals surface area contributed by atoms with Crippen LogP contribution in [0.3, 0.4) is 0 Å². The normalized spacial score (nSPS) is 11.0. The van der Waals surface area contributed by atoms with E-state index in [1.54, 1.807) is 23.5 Å². The topological polar surface area (TPSA) is 40.5 Å². The molecule has 2 rings (SSSR count). The van der Waals surface area contributed by atoms with Crippen molar-refractivity contribution in [2.45, 2.75) is 13.5 Å². The molecular formula is C16H16FNO2S. The fourth-order valence-electron chi connectivity index (χ4n) is 1.98. The van der Waals surface area contributed by atoms with E-state index in [-0.39, 0.29) is 5.82 Å². The quantitative estimate of drug-likeness (QED) is 0.820. The van der Waals surface area contributed by atoms with Gasteiger partial charge in [-0.05, 0) is 48.2 Å².